The van der Waals surface area contributed by atoms with Crippen LogP contribution < -0.4 is 24.8 Å². The van der Waals surface area contributed by atoms with E-state index in [4.69, 9.17) is 14.8 Å². The first-order valence-electron chi connectivity index (χ1n) is 12.8. The van der Waals surface area contributed by atoms with Gasteiger partial charge in [0.1, 0.15) is 17.5 Å². The van der Waals surface area contributed by atoms with Gasteiger partial charge in [0.2, 0.25) is 11.9 Å². The Labute approximate surface area is 213 Å². The highest BCUT2D eigenvalue weighted by molar-refractivity contribution is 6.04. The van der Waals surface area contributed by atoms with Crippen LogP contribution >= 0.6 is 0 Å². The SMILES string of the molecule is CC[C@@H]1C(=O)N(C)c2cnc(Nc3ccc(N4CCN(CCCO)CC4)cc3OC)nc2N1C(C)C. The number of piperazine rings is 1. The van der Waals surface area contributed by atoms with Gasteiger partial charge in [0.25, 0.3) is 0 Å². The van der Waals surface area contributed by atoms with Gasteiger partial charge in [-0.05, 0) is 38.8 Å². The normalized spacial score (nSPS) is 18.6. The average molecular weight is 498 g/mol. The van der Waals surface area contributed by atoms with Crippen LogP contribution in [0.4, 0.5) is 28.8 Å². The van der Waals surface area contributed by atoms with Crippen molar-refractivity contribution in [1.82, 2.24) is 14.9 Å². The largest absolute Gasteiger partial charge is 0.494 e. The molecule has 0 bridgehead atoms. The number of carbonyl (C=O) groups excluding carboxylic acids is 1. The molecular weight excluding hydrogens is 458 g/mol. The Morgan fingerprint density at radius 3 is 2.61 bits per heavy atom. The number of nitrogens with zero attached hydrogens (tertiary/aromatic N) is 6. The van der Waals surface area contributed by atoms with E-state index >= 15 is 0 Å². The molecule has 2 aliphatic rings. The molecule has 1 fully saturated rings. The molecule has 0 spiro atoms. The number of methoxy groups -OCH3 is 1. The van der Waals surface area contributed by atoms with Crippen LogP contribution in [0.15, 0.2) is 24.4 Å². The molecule has 36 heavy (non-hydrogen) atoms. The van der Waals surface area contributed by atoms with E-state index in [-0.39, 0.29) is 24.6 Å². The topological polar surface area (TPSA) is 97.3 Å². The van der Waals surface area contributed by atoms with Crippen LogP contribution in [0.25, 0.3) is 0 Å². The molecule has 2 N–H and O–H groups in total. The Hall–Kier alpha value is -3.11. The number of fused-ring (bicyclic) bond motifs is 1. The molecule has 0 unspecified atom stereocenters. The fraction of sp³-hybridized carbons (Fsp3) is 0.577. The predicted molar refractivity (Wildman–Crippen MR) is 144 cm³/mol. The lowest BCUT2D eigenvalue weighted by atomic mass is 10.1. The van der Waals surface area contributed by atoms with Gasteiger partial charge in [-0.2, -0.15) is 4.98 Å². The highest BCUT2D eigenvalue weighted by Crippen LogP contribution is 2.37. The van der Waals surface area contributed by atoms with Gasteiger partial charge in [-0.25, -0.2) is 4.98 Å². The van der Waals surface area contributed by atoms with Crippen LogP contribution in [0.2, 0.25) is 0 Å². The van der Waals surface area contributed by atoms with Crippen molar-refractivity contribution in [3.8, 4) is 5.75 Å². The van der Waals surface area contributed by atoms with Crippen molar-refractivity contribution in [3.63, 3.8) is 0 Å². The van der Waals surface area contributed by atoms with Crippen LogP contribution in [-0.2, 0) is 4.79 Å². The van der Waals surface area contributed by atoms with E-state index in [0.29, 0.717) is 18.1 Å². The van der Waals surface area contributed by atoms with E-state index < -0.39 is 0 Å². The summed E-state index contributed by atoms with van der Waals surface area (Å²) in [5.41, 5.74) is 2.61. The summed E-state index contributed by atoms with van der Waals surface area (Å²) in [7, 11) is 3.45. The van der Waals surface area contributed by atoms with Crippen LogP contribution in [0, 0.1) is 0 Å². The minimum absolute atomic E-state index is 0.0643. The molecule has 1 aromatic heterocycles. The molecule has 1 saturated heterocycles. The number of hydrogen-bond donors (Lipinski definition) is 2. The lowest BCUT2D eigenvalue weighted by Gasteiger charge is -2.42. The number of likely N-dealkylation sites (N-methyl/N-ethyl adjacent to an activating group) is 1. The van der Waals surface area contributed by atoms with Crippen molar-refractivity contribution >= 4 is 34.7 Å². The Morgan fingerprint density at radius 1 is 1.22 bits per heavy atom. The highest BCUT2D eigenvalue weighted by atomic mass is 16.5. The second-order valence-electron chi connectivity index (χ2n) is 9.64. The van der Waals surface area contributed by atoms with E-state index in [2.05, 4.69) is 44.9 Å². The van der Waals surface area contributed by atoms with Gasteiger partial charge in [0.15, 0.2) is 5.82 Å². The Balaban J connectivity index is 1.54. The smallest absolute Gasteiger partial charge is 0.249 e. The maximum absolute atomic E-state index is 12.9. The summed E-state index contributed by atoms with van der Waals surface area (Å²) >= 11 is 0. The molecule has 0 radical (unpaired) electrons. The van der Waals surface area contributed by atoms with Crippen LogP contribution in [0.1, 0.15) is 33.6 Å². The zero-order valence-electron chi connectivity index (χ0n) is 22.1. The third kappa shape index (κ3) is 5.19. The molecule has 1 amide bonds. The molecule has 2 aromatic rings. The van der Waals surface area contributed by atoms with E-state index in [1.165, 1.54) is 0 Å². The lowest BCUT2D eigenvalue weighted by molar-refractivity contribution is -0.120. The second-order valence-corrected chi connectivity index (χ2v) is 9.64. The van der Waals surface area contributed by atoms with Gasteiger partial charge in [0, 0.05) is 64.2 Å². The van der Waals surface area contributed by atoms with E-state index in [1.54, 1.807) is 25.3 Å². The predicted octanol–water partition coefficient (Wildman–Crippen LogP) is 2.70. The maximum Gasteiger partial charge on any atom is 0.249 e. The molecule has 196 valence electrons. The minimum atomic E-state index is -0.247. The molecule has 10 heteroatoms. The Bertz CT molecular complexity index is 1060. The van der Waals surface area contributed by atoms with E-state index in [0.717, 1.165) is 62.1 Å². The summed E-state index contributed by atoms with van der Waals surface area (Å²) in [6.45, 7) is 11.2. The van der Waals surface area contributed by atoms with Gasteiger partial charge in [0.05, 0.1) is 19.0 Å². The number of aromatic nitrogens is 2. The molecule has 3 heterocycles. The average Bonchev–Trinajstić information content (AvgIpc) is 2.89. The van der Waals surface area contributed by atoms with Gasteiger partial charge in [-0.3, -0.25) is 9.69 Å². The molecule has 1 aromatic carbocycles. The molecule has 1 atom stereocenters. The number of benzene rings is 1. The van der Waals surface area contributed by atoms with Crippen LogP contribution in [0.5, 0.6) is 5.75 Å². The van der Waals surface area contributed by atoms with Gasteiger partial charge < -0.3 is 29.9 Å². The third-order valence-corrected chi connectivity index (χ3v) is 7.05. The number of rotatable bonds is 9. The number of ether oxygens (including phenoxy) is 1. The third-order valence-electron chi connectivity index (χ3n) is 7.05. The number of aliphatic hydroxyl groups is 1. The van der Waals surface area contributed by atoms with E-state index in [1.807, 2.05) is 19.1 Å². The second kappa shape index (κ2) is 11.3. The first-order chi connectivity index (χ1) is 17.4. The maximum atomic E-state index is 12.9. The zero-order valence-corrected chi connectivity index (χ0v) is 22.1. The summed E-state index contributed by atoms with van der Waals surface area (Å²) < 4.78 is 5.71. The first kappa shape index (κ1) is 26.0. The molecule has 0 aliphatic carbocycles. The molecule has 2 aliphatic heterocycles. The molecule has 0 saturated carbocycles. The quantitative estimate of drug-likeness (QED) is 0.542. The number of anilines is 5. The van der Waals surface area contributed by atoms with Crippen molar-refractivity contribution in [1.29, 1.82) is 0 Å². The highest BCUT2D eigenvalue weighted by Gasteiger charge is 2.38. The fourth-order valence-electron chi connectivity index (χ4n) is 5.06. The standard InChI is InChI=1S/C26H39N7O3/c1-6-21-25(35)30(4)22-17-27-26(29-24(22)33(21)18(2)3)28-20-9-8-19(16-23(20)36-5)32-13-11-31(12-14-32)10-7-15-34/h8-9,16-18,21,34H,6-7,10-15H2,1-5H3,(H,27,28,29)/t21-/m1/s1. The van der Waals surface area contributed by atoms with Crippen LogP contribution in [0.3, 0.4) is 0 Å². The number of amides is 1. The Morgan fingerprint density at radius 2 is 1.97 bits per heavy atom. The number of carbonyl (C=O) groups is 1. The summed E-state index contributed by atoms with van der Waals surface area (Å²) in [4.78, 5) is 30.7. The zero-order chi connectivity index (χ0) is 25.8. The van der Waals surface area contributed by atoms with Gasteiger partial charge >= 0.3 is 0 Å². The van der Waals surface area contributed by atoms with Crippen molar-refractivity contribution in [2.45, 2.75) is 45.7 Å². The Kier molecular flexibility index (Phi) is 8.15. The van der Waals surface area contributed by atoms with Crippen molar-refractivity contribution in [3.05, 3.63) is 24.4 Å². The first-order valence-corrected chi connectivity index (χ1v) is 12.8. The van der Waals surface area contributed by atoms with Crippen molar-refractivity contribution < 1.29 is 14.6 Å². The van der Waals surface area contributed by atoms with Crippen LogP contribution in [-0.4, -0.2) is 91.5 Å². The summed E-state index contributed by atoms with van der Waals surface area (Å²) in [6.07, 6.45) is 3.24. The minimum Gasteiger partial charge on any atom is -0.494 e. The van der Waals surface area contributed by atoms with Crippen molar-refractivity contribution in [2.75, 3.05) is 73.5 Å². The number of hydrogen-bond acceptors (Lipinski definition) is 9. The fourth-order valence-corrected chi connectivity index (χ4v) is 5.06. The number of nitrogens with one attached hydrogen (secondary N) is 1. The van der Waals surface area contributed by atoms with Gasteiger partial charge in [-0.15, -0.1) is 0 Å². The van der Waals surface area contributed by atoms with Crippen molar-refractivity contribution in [2.24, 2.45) is 0 Å². The molecule has 10 nitrogen and oxygen atoms in total. The number of aliphatic hydroxyl groups excluding tert-OH is 1. The summed E-state index contributed by atoms with van der Waals surface area (Å²) in [5.74, 6) is 2.00. The monoisotopic (exact) mass is 497 g/mol. The summed E-state index contributed by atoms with van der Waals surface area (Å²) in [6, 6.07) is 6.01. The van der Waals surface area contributed by atoms with Gasteiger partial charge in [-0.1, -0.05) is 6.92 Å². The molecular formula is C26H39N7O3. The molecule has 4 rings (SSSR count). The lowest BCUT2D eigenvalue weighted by Crippen LogP contribution is -2.54. The van der Waals surface area contributed by atoms with E-state index in [9.17, 15) is 4.79 Å². The summed E-state index contributed by atoms with van der Waals surface area (Å²) in [5, 5.41) is 12.4.